The quantitative estimate of drug-likeness (QED) is 0.484. The highest BCUT2D eigenvalue weighted by Gasteiger charge is 2.11. The molecule has 108 valence electrons. The van der Waals surface area contributed by atoms with Gasteiger partial charge in [0.25, 0.3) is 0 Å². The normalized spacial score (nSPS) is 9.14. The molecule has 0 amide bonds. The number of carbonyl (C=O) groups is 1. The number of esters is 1. The summed E-state index contributed by atoms with van der Waals surface area (Å²) in [4.78, 5) is 11.2. The van der Waals surface area contributed by atoms with Crippen LogP contribution < -0.4 is 9.47 Å². The molecule has 3 heteroatoms. The second kappa shape index (κ2) is 7.02. The predicted octanol–water partition coefficient (Wildman–Crippen LogP) is 3.00. The number of hydrogen-bond donors (Lipinski definition) is 0. The summed E-state index contributed by atoms with van der Waals surface area (Å²) in [6.07, 6.45) is 5.43. The van der Waals surface area contributed by atoms with Gasteiger partial charge in [0.2, 0.25) is 0 Å². The molecule has 22 heavy (non-hydrogen) atoms. The molecule has 0 heterocycles. The third-order valence-electron chi connectivity index (χ3n) is 2.83. The maximum Gasteiger partial charge on any atom is 0.308 e. The SMILES string of the molecule is C#Cc1cc(OC)c(C#Cc2ccccc2)cc1OC(C)=O. The second-order valence-electron chi connectivity index (χ2n) is 4.40. The van der Waals surface area contributed by atoms with Gasteiger partial charge in [0, 0.05) is 24.6 Å². The lowest BCUT2D eigenvalue weighted by atomic mass is 10.1. The van der Waals surface area contributed by atoms with Crippen molar-refractivity contribution in [2.75, 3.05) is 7.11 Å². The highest BCUT2D eigenvalue weighted by atomic mass is 16.5. The minimum Gasteiger partial charge on any atom is -0.495 e. The van der Waals surface area contributed by atoms with Crippen LogP contribution in [-0.2, 0) is 4.79 Å². The Hall–Kier alpha value is -3.17. The maximum atomic E-state index is 11.2. The van der Waals surface area contributed by atoms with Crippen LogP contribution in [0.2, 0.25) is 0 Å². The molecule has 0 unspecified atom stereocenters. The van der Waals surface area contributed by atoms with Crippen molar-refractivity contribution >= 4 is 5.97 Å². The van der Waals surface area contributed by atoms with Crippen LogP contribution in [0.1, 0.15) is 23.6 Å². The van der Waals surface area contributed by atoms with Gasteiger partial charge in [0.15, 0.2) is 0 Å². The van der Waals surface area contributed by atoms with Gasteiger partial charge in [-0.1, -0.05) is 36.0 Å². The van der Waals surface area contributed by atoms with Crippen molar-refractivity contribution in [3.63, 3.8) is 0 Å². The first-order valence-electron chi connectivity index (χ1n) is 6.58. The van der Waals surface area contributed by atoms with Gasteiger partial charge >= 0.3 is 5.97 Å². The number of benzene rings is 2. The van der Waals surface area contributed by atoms with Crippen molar-refractivity contribution in [2.24, 2.45) is 0 Å². The van der Waals surface area contributed by atoms with Crippen LogP contribution >= 0.6 is 0 Å². The van der Waals surface area contributed by atoms with Crippen LogP contribution in [0, 0.1) is 24.2 Å². The average molecular weight is 290 g/mol. The molecular formula is C19H14O3. The van der Waals surface area contributed by atoms with Gasteiger partial charge in [-0.25, -0.2) is 0 Å². The number of carbonyl (C=O) groups excluding carboxylic acids is 1. The highest BCUT2D eigenvalue weighted by Crippen LogP contribution is 2.28. The summed E-state index contributed by atoms with van der Waals surface area (Å²) < 4.78 is 10.4. The zero-order valence-electron chi connectivity index (χ0n) is 12.3. The van der Waals surface area contributed by atoms with E-state index in [1.807, 2.05) is 30.3 Å². The minimum absolute atomic E-state index is 0.299. The van der Waals surface area contributed by atoms with Crippen molar-refractivity contribution in [2.45, 2.75) is 6.92 Å². The van der Waals surface area contributed by atoms with E-state index >= 15 is 0 Å². The van der Waals surface area contributed by atoms with Crippen LogP contribution in [0.5, 0.6) is 11.5 Å². The molecule has 2 rings (SSSR count). The minimum atomic E-state index is -0.441. The summed E-state index contributed by atoms with van der Waals surface area (Å²) in [6, 6.07) is 12.8. The van der Waals surface area contributed by atoms with Gasteiger partial charge < -0.3 is 9.47 Å². The molecule has 0 spiro atoms. The molecule has 2 aromatic carbocycles. The highest BCUT2D eigenvalue weighted by molar-refractivity contribution is 5.71. The van der Waals surface area contributed by atoms with Gasteiger partial charge in [-0.05, 0) is 12.1 Å². The Morgan fingerprint density at radius 3 is 2.32 bits per heavy atom. The van der Waals surface area contributed by atoms with Crippen LogP contribution in [0.4, 0.5) is 0 Å². The van der Waals surface area contributed by atoms with Crippen LogP contribution in [0.3, 0.4) is 0 Å². The van der Waals surface area contributed by atoms with Crippen LogP contribution in [0.15, 0.2) is 42.5 Å². The molecule has 0 N–H and O–H groups in total. The first-order chi connectivity index (χ1) is 10.6. The summed E-state index contributed by atoms with van der Waals surface area (Å²) in [5.41, 5.74) is 1.92. The molecule has 0 aliphatic carbocycles. The Morgan fingerprint density at radius 2 is 1.73 bits per heavy atom. The molecule has 0 radical (unpaired) electrons. The lowest BCUT2D eigenvalue weighted by Crippen LogP contribution is -2.04. The van der Waals surface area contributed by atoms with Crippen molar-refractivity contribution in [1.29, 1.82) is 0 Å². The second-order valence-corrected chi connectivity index (χ2v) is 4.40. The molecule has 0 saturated heterocycles. The first-order valence-corrected chi connectivity index (χ1v) is 6.58. The Kier molecular flexibility index (Phi) is 4.85. The number of methoxy groups -OCH3 is 1. The van der Waals surface area contributed by atoms with Gasteiger partial charge in [0.05, 0.1) is 18.2 Å². The Labute approximate surface area is 129 Å². The molecule has 0 saturated carbocycles. The molecule has 0 aromatic heterocycles. The van der Waals surface area contributed by atoms with Crippen molar-refractivity contribution in [3.05, 3.63) is 59.2 Å². The molecule has 0 bridgehead atoms. The molecule has 0 aliphatic rings. The molecule has 0 fully saturated rings. The molecule has 3 nitrogen and oxygen atoms in total. The first kappa shape index (κ1) is 15.2. The fourth-order valence-electron chi connectivity index (χ4n) is 1.84. The van der Waals surface area contributed by atoms with Gasteiger partial charge in [-0.2, -0.15) is 0 Å². The van der Waals surface area contributed by atoms with Crippen LogP contribution in [0.25, 0.3) is 0 Å². The number of terminal acetylenes is 1. The fraction of sp³-hybridized carbons (Fsp3) is 0.105. The molecule has 2 aromatic rings. The van der Waals surface area contributed by atoms with Gasteiger partial charge in [-0.15, -0.1) is 6.42 Å². The van der Waals surface area contributed by atoms with E-state index in [4.69, 9.17) is 15.9 Å². The zero-order chi connectivity index (χ0) is 15.9. The smallest absolute Gasteiger partial charge is 0.308 e. The molecule has 0 aliphatic heterocycles. The maximum absolute atomic E-state index is 11.2. The van der Waals surface area contributed by atoms with Crippen molar-refractivity contribution in [3.8, 4) is 35.7 Å². The summed E-state index contributed by atoms with van der Waals surface area (Å²) in [6.45, 7) is 1.32. The van der Waals surface area contributed by atoms with E-state index in [9.17, 15) is 4.79 Å². The van der Waals surface area contributed by atoms with Gasteiger partial charge in [-0.3, -0.25) is 4.79 Å². The number of rotatable bonds is 2. The van der Waals surface area contributed by atoms with Gasteiger partial charge in [0.1, 0.15) is 11.5 Å². The van der Waals surface area contributed by atoms with Crippen molar-refractivity contribution in [1.82, 2.24) is 0 Å². The Balaban J connectivity index is 2.48. The summed E-state index contributed by atoms with van der Waals surface area (Å²) in [7, 11) is 1.54. The van der Waals surface area contributed by atoms with E-state index in [0.29, 0.717) is 22.6 Å². The van der Waals surface area contributed by atoms with Crippen molar-refractivity contribution < 1.29 is 14.3 Å². The van der Waals surface area contributed by atoms with Crippen LogP contribution in [-0.4, -0.2) is 13.1 Å². The Bertz CT molecular complexity index is 787. The lowest BCUT2D eigenvalue weighted by molar-refractivity contribution is -0.131. The largest absolute Gasteiger partial charge is 0.495 e. The third-order valence-corrected chi connectivity index (χ3v) is 2.83. The van der Waals surface area contributed by atoms with E-state index in [-0.39, 0.29) is 0 Å². The van der Waals surface area contributed by atoms with E-state index in [2.05, 4.69) is 17.8 Å². The molecule has 0 atom stereocenters. The number of hydrogen-bond acceptors (Lipinski definition) is 3. The van der Waals surface area contributed by atoms with E-state index < -0.39 is 5.97 Å². The predicted molar refractivity (Wildman–Crippen MR) is 84.7 cm³/mol. The van der Waals surface area contributed by atoms with E-state index in [0.717, 1.165) is 5.56 Å². The lowest BCUT2D eigenvalue weighted by Gasteiger charge is -2.09. The molecular weight excluding hydrogens is 276 g/mol. The summed E-state index contributed by atoms with van der Waals surface area (Å²) in [5, 5.41) is 0. The standard InChI is InChI=1S/C19H14O3/c1-4-16-12-18(21-3)17(13-19(16)22-14(2)20)11-10-15-8-6-5-7-9-15/h1,5-9,12-13H,2-3H3. The fourth-order valence-corrected chi connectivity index (χ4v) is 1.84. The van der Waals surface area contributed by atoms with E-state index in [1.54, 1.807) is 12.1 Å². The summed E-state index contributed by atoms with van der Waals surface area (Å²) in [5.74, 6) is 8.91. The summed E-state index contributed by atoms with van der Waals surface area (Å²) >= 11 is 0. The number of ether oxygens (including phenoxy) is 2. The third kappa shape index (κ3) is 3.69. The average Bonchev–Trinajstić information content (AvgIpc) is 2.53. The van der Waals surface area contributed by atoms with E-state index in [1.165, 1.54) is 14.0 Å². The topological polar surface area (TPSA) is 35.5 Å². The monoisotopic (exact) mass is 290 g/mol. The Morgan fingerprint density at radius 1 is 1.05 bits per heavy atom. The zero-order valence-corrected chi connectivity index (χ0v) is 12.3.